The molecule has 1 rings (SSSR count). The van der Waals surface area contributed by atoms with Crippen LogP contribution in [0.4, 0.5) is 17.6 Å². The molecule has 2 nitrogen and oxygen atoms in total. The summed E-state index contributed by atoms with van der Waals surface area (Å²) in [7, 11) is 0. The molecule has 94 valence electrons. The van der Waals surface area contributed by atoms with Gasteiger partial charge in [0.1, 0.15) is 11.9 Å². The molecule has 0 fully saturated rings. The lowest BCUT2D eigenvalue weighted by Gasteiger charge is -2.12. The summed E-state index contributed by atoms with van der Waals surface area (Å²) in [5, 5.41) is 2.55. The Bertz CT molecular complexity index is 408. The van der Waals surface area contributed by atoms with E-state index in [0.717, 1.165) is 0 Å². The molecule has 0 saturated carbocycles. The number of benzene rings is 1. The topological polar surface area (TPSA) is 29.4 Å². The largest absolute Gasteiger partial charge is 0.389 e. The SMILES string of the molecule is O=NC(CCC(F)(F)F)c1cccc(Br)c1F. The molecule has 0 heterocycles. The first-order chi connectivity index (χ1) is 7.85. The average molecular weight is 314 g/mol. The van der Waals surface area contributed by atoms with Gasteiger partial charge < -0.3 is 0 Å². The van der Waals surface area contributed by atoms with Crippen LogP contribution >= 0.6 is 15.9 Å². The summed E-state index contributed by atoms with van der Waals surface area (Å²) < 4.78 is 49.6. The first-order valence-electron chi connectivity index (χ1n) is 4.68. The van der Waals surface area contributed by atoms with Gasteiger partial charge in [-0.1, -0.05) is 17.3 Å². The van der Waals surface area contributed by atoms with Crippen LogP contribution in [0.1, 0.15) is 24.4 Å². The molecule has 0 radical (unpaired) electrons. The minimum atomic E-state index is -4.38. The number of hydrogen-bond acceptors (Lipinski definition) is 2. The summed E-state index contributed by atoms with van der Waals surface area (Å²) in [5.41, 5.74) is -0.126. The van der Waals surface area contributed by atoms with Crippen LogP contribution in [0.25, 0.3) is 0 Å². The van der Waals surface area contributed by atoms with Crippen molar-refractivity contribution in [2.75, 3.05) is 0 Å². The molecule has 1 atom stereocenters. The van der Waals surface area contributed by atoms with E-state index in [2.05, 4.69) is 21.1 Å². The van der Waals surface area contributed by atoms with E-state index in [1.165, 1.54) is 18.2 Å². The summed E-state index contributed by atoms with van der Waals surface area (Å²) >= 11 is 2.89. The number of nitrogens with zero attached hydrogens (tertiary/aromatic N) is 1. The van der Waals surface area contributed by atoms with Crippen LogP contribution in [0.3, 0.4) is 0 Å². The Hall–Kier alpha value is -0.980. The predicted octanol–water partition coefficient (Wildman–Crippen LogP) is 4.74. The second kappa shape index (κ2) is 5.57. The summed E-state index contributed by atoms with van der Waals surface area (Å²) in [6.45, 7) is 0. The lowest BCUT2D eigenvalue weighted by atomic mass is 10.0. The summed E-state index contributed by atoms with van der Waals surface area (Å²) in [6.07, 6.45) is -6.11. The van der Waals surface area contributed by atoms with Gasteiger partial charge in [-0.05, 0) is 28.4 Å². The minimum absolute atomic E-state index is 0.0932. The zero-order chi connectivity index (χ0) is 13.1. The quantitative estimate of drug-likeness (QED) is 0.583. The van der Waals surface area contributed by atoms with Gasteiger partial charge >= 0.3 is 6.18 Å². The van der Waals surface area contributed by atoms with Crippen LogP contribution in [-0.2, 0) is 0 Å². The maximum atomic E-state index is 13.5. The third kappa shape index (κ3) is 4.07. The lowest BCUT2D eigenvalue weighted by Crippen LogP contribution is -2.10. The average Bonchev–Trinajstić information content (AvgIpc) is 2.23. The molecule has 7 heteroatoms. The summed E-state index contributed by atoms with van der Waals surface area (Å²) in [6, 6.07) is 2.76. The van der Waals surface area contributed by atoms with Gasteiger partial charge in [-0.15, -0.1) is 0 Å². The van der Waals surface area contributed by atoms with Crippen LogP contribution in [0.5, 0.6) is 0 Å². The smallest absolute Gasteiger partial charge is 0.205 e. The summed E-state index contributed by atoms with van der Waals surface area (Å²) in [5.74, 6) is -0.751. The third-order valence-electron chi connectivity index (χ3n) is 2.17. The molecule has 0 aliphatic rings. The molecule has 0 spiro atoms. The van der Waals surface area contributed by atoms with Gasteiger partial charge in [0.05, 0.1) is 4.47 Å². The Balaban J connectivity index is 2.87. The van der Waals surface area contributed by atoms with Crippen LogP contribution in [-0.4, -0.2) is 6.18 Å². The van der Waals surface area contributed by atoms with Crippen molar-refractivity contribution in [1.29, 1.82) is 0 Å². The molecule has 17 heavy (non-hydrogen) atoms. The van der Waals surface area contributed by atoms with E-state index >= 15 is 0 Å². The maximum Gasteiger partial charge on any atom is 0.389 e. The number of nitroso groups, excluding NO2 is 1. The Morgan fingerprint density at radius 1 is 1.35 bits per heavy atom. The van der Waals surface area contributed by atoms with E-state index in [1.54, 1.807) is 0 Å². The number of rotatable bonds is 4. The zero-order valence-corrected chi connectivity index (χ0v) is 10.1. The number of alkyl halides is 3. The van der Waals surface area contributed by atoms with E-state index < -0.39 is 30.9 Å². The van der Waals surface area contributed by atoms with Crippen molar-refractivity contribution in [3.8, 4) is 0 Å². The standard InChI is InChI=1S/C10H8BrF4NO/c11-7-3-1-2-6(9(7)12)8(16-17)4-5-10(13,14)15/h1-3,8H,4-5H2. The fraction of sp³-hybridized carbons (Fsp3) is 0.400. The van der Waals surface area contributed by atoms with Gasteiger partial charge in [-0.2, -0.15) is 18.1 Å². The van der Waals surface area contributed by atoms with Crippen molar-refractivity contribution in [1.82, 2.24) is 0 Å². The Morgan fingerprint density at radius 2 is 2.00 bits per heavy atom. The van der Waals surface area contributed by atoms with E-state index in [0.29, 0.717) is 0 Å². The normalized spacial score (nSPS) is 13.5. The molecule has 1 aromatic carbocycles. The first kappa shape index (κ1) is 14.1. The second-order valence-corrected chi connectivity index (χ2v) is 4.27. The van der Waals surface area contributed by atoms with Crippen molar-refractivity contribution < 1.29 is 17.6 Å². The van der Waals surface area contributed by atoms with Crippen molar-refractivity contribution in [3.63, 3.8) is 0 Å². The van der Waals surface area contributed by atoms with Gasteiger partial charge in [-0.3, -0.25) is 0 Å². The van der Waals surface area contributed by atoms with Crippen molar-refractivity contribution in [2.24, 2.45) is 5.18 Å². The molecule has 0 aliphatic carbocycles. The lowest BCUT2D eigenvalue weighted by molar-refractivity contribution is -0.136. The van der Waals surface area contributed by atoms with E-state index in [9.17, 15) is 22.5 Å². The van der Waals surface area contributed by atoms with Crippen LogP contribution < -0.4 is 0 Å². The fourth-order valence-corrected chi connectivity index (χ4v) is 1.72. The van der Waals surface area contributed by atoms with Gasteiger partial charge in [0.25, 0.3) is 0 Å². The van der Waals surface area contributed by atoms with Gasteiger partial charge in [0.15, 0.2) is 0 Å². The molecule has 0 saturated heterocycles. The highest BCUT2D eigenvalue weighted by Gasteiger charge is 2.30. The van der Waals surface area contributed by atoms with E-state index in [4.69, 9.17) is 0 Å². The van der Waals surface area contributed by atoms with Crippen molar-refractivity contribution in [3.05, 3.63) is 39.0 Å². The fourth-order valence-electron chi connectivity index (χ4n) is 1.34. The number of hydrogen-bond donors (Lipinski definition) is 0. The van der Waals surface area contributed by atoms with E-state index in [1.807, 2.05) is 0 Å². The minimum Gasteiger partial charge on any atom is -0.205 e. The highest BCUT2D eigenvalue weighted by atomic mass is 79.9. The van der Waals surface area contributed by atoms with Crippen LogP contribution in [0.2, 0.25) is 0 Å². The highest BCUT2D eigenvalue weighted by molar-refractivity contribution is 9.10. The molecule has 1 aromatic rings. The molecular weight excluding hydrogens is 306 g/mol. The molecule has 0 aliphatic heterocycles. The first-order valence-corrected chi connectivity index (χ1v) is 5.47. The molecule has 0 aromatic heterocycles. The van der Waals surface area contributed by atoms with Crippen LogP contribution in [0.15, 0.2) is 27.8 Å². The van der Waals surface area contributed by atoms with Gasteiger partial charge in [0.2, 0.25) is 0 Å². The van der Waals surface area contributed by atoms with Gasteiger partial charge in [0, 0.05) is 12.0 Å². The predicted molar refractivity (Wildman–Crippen MR) is 57.9 cm³/mol. The molecule has 1 unspecified atom stereocenters. The van der Waals surface area contributed by atoms with Gasteiger partial charge in [-0.25, -0.2) is 4.39 Å². The maximum absolute atomic E-state index is 13.5. The molecule has 0 bridgehead atoms. The van der Waals surface area contributed by atoms with Crippen molar-refractivity contribution >= 4 is 15.9 Å². The summed E-state index contributed by atoms with van der Waals surface area (Å²) in [4.78, 5) is 10.5. The molecule has 0 amide bonds. The molecule has 0 N–H and O–H groups in total. The Morgan fingerprint density at radius 3 is 2.53 bits per heavy atom. The third-order valence-corrected chi connectivity index (χ3v) is 2.78. The Kier molecular flexibility index (Phi) is 4.62. The highest BCUT2D eigenvalue weighted by Crippen LogP contribution is 2.32. The monoisotopic (exact) mass is 313 g/mol. The second-order valence-electron chi connectivity index (χ2n) is 3.42. The number of halogens is 5. The van der Waals surface area contributed by atoms with E-state index in [-0.39, 0.29) is 10.0 Å². The Labute approximate surface area is 103 Å². The molecular formula is C10H8BrF4NO. The van der Waals surface area contributed by atoms with Crippen molar-refractivity contribution in [2.45, 2.75) is 25.1 Å². The zero-order valence-electron chi connectivity index (χ0n) is 8.47. The van der Waals surface area contributed by atoms with Crippen LogP contribution in [0, 0.1) is 10.7 Å².